The minimum absolute atomic E-state index is 0.114. The molecule has 2 N–H and O–H groups in total. The molecule has 19 heavy (non-hydrogen) atoms. The van der Waals surface area contributed by atoms with Crippen LogP contribution in [0.1, 0.15) is 25.6 Å². The number of nitrogens with two attached hydrogens (primary N) is 1. The Bertz CT molecular complexity index is 702. The third-order valence-corrected chi connectivity index (χ3v) is 3.93. The summed E-state index contributed by atoms with van der Waals surface area (Å²) in [6.45, 7) is 4.51. The van der Waals surface area contributed by atoms with Crippen LogP contribution >= 0.6 is 0 Å². The highest BCUT2D eigenvalue weighted by atomic mass is 32.2. The summed E-state index contributed by atoms with van der Waals surface area (Å²) in [5.74, 6) is 1.24. The molecule has 104 valence electrons. The second-order valence-corrected chi connectivity index (χ2v) is 7.41. The molecule has 0 aliphatic carbocycles. The van der Waals surface area contributed by atoms with Crippen LogP contribution in [0.5, 0.6) is 0 Å². The van der Waals surface area contributed by atoms with Gasteiger partial charge in [0.2, 0.25) is 0 Å². The van der Waals surface area contributed by atoms with E-state index in [-0.39, 0.29) is 11.7 Å². The topological polar surface area (TPSA) is 78.0 Å². The SMILES string of the molecule is CC(C)c1nc2cc(N)ccc2n1CCS(C)(=O)=O. The molecular formula is C13H19N3O2S. The molecule has 1 aromatic carbocycles. The molecule has 0 saturated heterocycles. The van der Waals surface area contributed by atoms with E-state index in [1.807, 2.05) is 36.6 Å². The Morgan fingerprint density at radius 2 is 2.05 bits per heavy atom. The number of fused-ring (bicyclic) bond motifs is 1. The van der Waals surface area contributed by atoms with E-state index in [0.29, 0.717) is 12.2 Å². The van der Waals surface area contributed by atoms with Crippen LogP contribution in [0.2, 0.25) is 0 Å². The molecule has 1 aromatic heterocycles. The zero-order chi connectivity index (χ0) is 14.2. The van der Waals surface area contributed by atoms with Gasteiger partial charge in [-0.05, 0) is 18.2 Å². The number of hydrogen-bond donors (Lipinski definition) is 1. The quantitative estimate of drug-likeness (QED) is 0.867. The Morgan fingerprint density at radius 1 is 1.37 bits per heavy atom. The molecule has 0 unspecified atom stereocenters. The molecule has 0 fully saturated rings. The first-order chi connectivity index (χ1) is 8.78. The molecule has 0 amide bonds. The van der Waals surface area contributed by atoms with E-state index < -0.39 is 9.84 Å². The molecule has 1 heterocycles. The van der Waals surface area contributed by atoms with Gasteiger partial charge in [0.15, 0.2) is 0 Å². The van der Waals surface area contributed by atoms with Crippen LogP contribution in [0.4, 0.5) is 5.69 Å². The average Bonchev–Trinajstić information content (AvgIpc) is 2.63. The third-order valence-electron chi connectivity index (χ3n) is 3.00. The van der Waals surface area contributed by atoms with Gasteiger partial charge < -0.3 is 10.3 Å². The van der Waals surface area contributed by atoms with E-state index in [0.717, 1.165) is 16.9 Å². The first kappa shape index (κ1) is 13.9. The van der Waals surface area contributed by atoms with Crippen LogP contribution in [-0.2, 0) is 16.4 Å². The summed E-state index contributed by atoms with van der Waals surface area (Å²) in [5.41, 5.74) is 8.17. The van der Waals surface area contributed by atoms with Crippen LogP contribution in [0.25, 0.3) is 11.0 Å². The van der Waals surface area contributed by atoms with Crippen LogP contribution in [0.15, 0.2) is 18.2 Å². The molecule has 0 bridgehead atoms. The highest BCUT2D eigenvalue weighted by molar-refractivity contribution is 7.90. The summed E-state index contributed by atoms with van der Waals surface area (Å²) in [4.78, 5) is 4.56. The van der Waals surface area contributed by atoms with Gasteiger partial charge in [0.25, 0.3) is 0 Å². The fourth-order valence-corrected chi connectivity index (χ4v) is 2.61. The molecule has 2 rings (SSSR count). The normalized spacial score (nSPS) is 12.4. The smallest absolute Gasteiger partial charge is 0.149 e. The van der Waals surface area contributed by atoms with Gasteiger partial charge >= 0.3 is 0 Å². The zero-order valence-corrected chi connectivity index (χ0v) is 12.2. The van der Waals surface area contributed by atoms with Gasteiger partial charge in [-0.3, -0.25) is 0 Å². The Kier molecular flexibility index (Phi) is 3.54. The summed E-state index contributed by atoms with van der Waals surface area (Å²) in [6, 6.07) is 5.52. The highest BCUT2D eigenvalue weighted by Gasteiger charge is 2.15. The number of imidazole rings is 1. The Balaban J connectivity index is 2.52. The lowest BCUT2D eigenvalue weighted by molar-refractivity contribution is 0.591. The van der Waals surface area contributed by atoms with Crippen molar-refractivity contribution in [3.8, 4) is 0 Å². The molecule has 6 heteroatoms. The molecule has 5 nitrogen and oxygen atoms in total. The van der Waals surface area contributed by atoms with Gasteiger partial charge in [0, 0.05) is 24.4 Å². The van der Waals surface area contributed by atoms with Crippen molar-refractivity contribution in [3.63, 3.8) is 0 Å². The largest absolute Gasteiger partial charge is 0.399 e. The van der Waals surface area contributed by atoms with Crippen molar-refractivity contribution in [1.29, 1.82) is 0 Å². The van der Waals surface area contributed by atoms with E-state index >= 15 is 0 Å². The van der Waals surface area contributed by atoms with Crippen molar-refractivity contribution >= 4 is 26.6 Å². The Morgan fingerprint density at radius 3 is 2.63 bits per heavy atom. The van der Waals surface area contributed by atoms with Gasteiger partial charge in [-0.2, -0.15) is 0 Å². The fraction of sp³-hybridized carbons (Fsp3) is 0.462. The summed E-state index contributed by atoms with van der Waals surface area (Å²) in [6.07, 6.45) is 1.25. The van der Waals surface area contributed by atoms with E-state index in [1.54, 1.807) is 0 Å². The van der Waals surface area contributed by atoms with Gasteiger partial charge in [-0.15, -0.1) is 0 Å². The maximum Gasteiger partial charge on any atom is 0.149 e. The first-order valence-corrected chi connectivity index (χ1v) is 8.27. The van der Waals surface area contributed by atoms with Gasteiger partial charge in [-0.1, -0.05) is 13.8 Å². The molecule has 0 aliphatic rings. The summed E-state index contributed by atoms with van der Waals surface area (Å²) in [5, 5.41) is 0. The molecule has 2 aromatic rings. The van der Waals surface area contributed by atoms with Crippen molar-refractivity contribution in [2.24, 2.45) is 0 Å². The minimum Gasteiger partial charge on any atom is -0.399 e. The van der Waals surface area contributed by atoms with Crippen LogP contribution in [0, 0.1) is 0 Å². The first-order valence-electron chi connectivity index (χ1n) is 6.21. The number of aromatic nitrogens is 2. The lowest BCUT2D eigenvalue weighted by Crippen LogP contribution is -2.14. The molecular weight excluding hydrogens is 262 g/mol. The van der Waals surface area contributed by atoms with E-state index in [1.165, 1.54) is 6.26 Å². The Hall–Kier alpha value is -1.56. The number of aryl methyl sites for hydroxylation is 1. The zero-order valence-electron chi connectivity index (χ0n) is 11.4. The fourth-order valence-electron chi connectivity index (χ4n) is 2.10. The molecule has 0 spiro atoms. The van der Waals surface area contributed by atoms with Crippen LogP contribution < -0.4 is 5.73 Å². The number of rotatable bonds is 4. The molecule has 0 atom stereocenters. The highest BCUT2D eigenvalue weighted by Crippen LogP contribution is 2.23. The summed E-state index contributed by atoms with van der Waals surface area (Å²) < 4.78 is 24.7. The van der Waals surface area contributed by atoms with Gasteiger partial charge in [0.05, 0.1) is 16.8 Å². The summed E-state index contributed by atoms with van der Waals surface area (Å²) in [7, 11) is -2.99. The number of anilines is 1. The monoisotopic (exact) mass is 281 g/mol. The Labute approximate surface area is 113 Å². The number of hydrogen-bond acceptors (Lipinski definition) is 4. The maximum absolute atomic E-state index is 11.3. The maximum atomic E-state index is 11.3. The standard InChI is InChI=1S/C13H19N3O2S/c1-9(2)13-15-11-8-10(14)4-5-12(11)16(13)6-7-19(3,17)18/h4-5,8-9H,6-7,14H2,1-3H3. The number of nitrogens with zero attached hydrogens (tertiary/aromatic N) is 2. The molecule has 0 radical (unpaired) electrons. The molecule has 0 aliphatic heterocycles. The lowest BCUT2D eigenvalue weighted by atomic mass is 10.2. The average molecular weight is 281 g/mol. The minimum atomic E-state index is -2.99. The lowest BCUT2D eigenvalue weighted by Gasteiger charge is -2.10. The summed E-state index contributed by atoms with van der Waals surface area (Å²) >= 11 is 0. The van der Waals surface area contributed by atoms with Crippen molar-refractivity contribution in [1.82, 2.24) is 9.55 Å². The number of sulfone groups is 1. The van der Waals surface area contributed by atoms with E-state index in [9.17, 15) is 8.42 Å². The molecule has 0 saturated carbocycles. The predicted molar refractivity (Wildman–Crippen MR) is 77.9 cm³/mol. The van der Waals surface area contributed by atoms with Crippen molar-refractivity contribution in [2.45, 2.75) is 26.3 Å². The van der Waals surface area contributed by atoms with Crippen LogP contribution in [-0.4, -0.2) is 30.0 Å². The van der Waals surface area contributed by atoms with Gasteiger partial charge in [0.1, 0.15) is 15.7 Å². The van der Waals surface area contributed by atoms with Crippen LogP contribution in [0.3, 0.4) is 0 Å². The predicted octanol–water partition coefficient (Wildman–Crippen LogP) is 1.79. The van der Waals surface area contributed by atoms with Crippen molar-refractivity contribution in [3.05, 3.63) is 24.0 Å². The van der Waals surface area contributed by atoms with E-state index in [4.69, 9.17) is 5.73 Å². The van der Waals surface area contributed by atoms with Crippen molar-refractivity contribution in [2.75, 3.05) is 17.7 Å². The second kappa shape index (κ2) is 4.85. The number of nitrogen functional groups attached to an aromatic ring is 1. The van der Waals surface area contributed by atoms with Gasteiger partial charge in [-0.25, -0.2) is 13.4 Å². The third kappa shape index (κ3) is 3.07. The second-order valence-electron chi connectivity index (χ2n) is 5.15. The van der Waals surface area contributed by atoms with E-state index in [2.05, 4.69) is 4.98 Å². The van der Waals surface area contributed by atoms with Crippen molar-refractivity contribution < 1.29 is 8.42 Å². The number of benzene rings is 1.